The van der Waals surface area contributed by atoms with Crippen molar-refractivity contribution in [1.82, 2.24) is 9.55 Å². The van der Waals surface area contributed by atoms with Crippen LogP contribution in [0.4, 0.5) is 0 Å². The van der Waals surface area contributed by atoms with Crippen molar-refractivity contribution in [2.45, 2.75) is 38.3 Å². The van der Waals surface area contributed by atoms with Crippen molar-refractivity contribution < 1.29 is 4.74 Å². The number of nitrogens with zero attached hydrogens (tertiary/aromatic N) is 2. The number of fused-ring (bicyclic) bond motifs is 3. The second kappa shape index (κ2) is 7.18. The SMILES string of the molecule is COCCSc1nc2sc3c(c2c(=O)n1-c1ccc(C)c(C)c1)CCC3. The number of rotatable bonds is 5. The van der Waals surface area contributed by atoms with Crippen LogP contribution in [0.25, 0.3) is 15.9 Å². The zero-order chi connectivity index (χ0) is 18.3. The maximum absolute atomic E-state index is 13.5. The number of hydrogen-bond donors (Lipinski definition) is 0. The first-order valence-corrected chi connectivity index (χ1v) is 10.7. The summed E-state index contributed by atoms with van der Waals surface area (Å²) < 4.78 is 6.97. The molecule has 0 radical (unpaired) electrons. The van der Waals surface area contributed by atoms with Gasteiger partial charge in [-0.05, 0) is 61.9 Å². The molecule has 0 aliphatic heterocycles. The summed E-state index contributed by atoms with van der Waals surface area (Å²) in [6, 6.07) is 6.17. The maximum atomic E-state index is 13.5. The summed E-state index contributed by atoms with van der Waals surface area (Å²) in [6.45, 7) is 4.80. The first-order chi connectivity index (χ1) is 12.6. The molecule has 2 heterocycles. The van der Waals surface area contributed by atoms with Crippen molar-refractivity contribution in [3.63, 3.8) is 0 Å². The fourth-order valence-corrected chi connectivity index (χ4v) is 5.65. The van der Waals surface area contributed by atoms with E-state index >= 15 is 0 Å². The summed E-state index contributed by atoms with van der Waals surface area (Å²) in [5.41, 5.74) is 4.59. The molecule has 6 heteroatoms. The van der Waals surface area contributed by atoms with Gasteiger partial charge >= 0.3 is 0 Å². The average molecular weight is 387 g/mol. The summed E-state index contributed by atoms with van der Waals surface area (Å²) in [4.78, 5) is 20.6. The Kier molecular flexibility index (Phi) is 4.90. The molecule has 0 saturated heterocycles. The normalized spacial score (nSPS) is 13.5. The first kappa shape index (κ1) is 17.8. The van der Waals surface area contributed by atoms with Crippen LogP contribution < -0.4 is 5.56 Å². The Morgan fingerprint density at radius 3 is 2.88 bits per heavy atom. The van der Waals surface area contributed by atoms with E-state index in [1.54, 1.807) is 34.8 Å². The number of thioether (sulfide) groups is 1. The number of aromatic nitrogens is 2. The fraction of sp³-hybridized carbons (Fsp3) is 0.400. The predicted molar refractivity (Wildman–Crippen MR) is 109 cm³/mol. The van der Waals surface area contributed by atoms with Gasteiger partial charge in [-0.1, -0.05) is 17.8 Å². The van der Waals surface area contributed by atoms with Gasteiger partial charge in [-0.3, -0.25) is 9.36 Å². The number of ether oxygens (including phenoxy) is 1. The van der Waals surface area contributed by atoms with E-state index in [1.165, 1.54) is 21.6 Å². The summed E-state index contributed by atoms with van der Waals surface area (Å²) >= 11 is 3.27. The van der Waals surface area contributed by atoms with E-state index in [9.17, 15) is 4.79 Å². The van der Waals surface area contributed by atoms with Gasteiger partial charge in [0.05, 0.1) is 17.7 Å². The molecule has 0 bridgehead atoms. The summed E-state index contributed by atoms with van der Waals surface area (Å²) in [7, 11) is 1.69. The quantitative estimate of drug-likeness (QED) is 0.373. The lowest BCUT2D eigenvalue weighted by Crippen LogP contribution is -2.22. The maximum Gasteiger partial charge on any atom is 0.267 e. The predicted octanol–water partition coefficient (Wildman–Crippen LogP) is 4.29. The molecule has 4 rings (SSSR count). The molecule has 1 aliphatic carbocycles. The smallest absolute Gasteiger partial charge is 0.267 e. The second-order valence-corrected chi connectivity index (χ2v) is 8.83. The molecule has 4 nitrogen and oxygen atoms in total. The van der Waals surface area contributed by atoms with E-state index < -0.39 is 0 Å². The highest BCUT2D eigenvalue weighted by molar-refractivity contribution is 7.99. The standard InChI is InChI=1S/C20H22N2O2S2/c1-12-7-8-14(11-13(12)2)22-19(23)17-15-5-4-6-16(15)26-18(17)21-20(22)25-10-9-24-3/h7-8,11H,4-6,9-10H2,1-3H3. The Morgan fingerprint density at radius 2 is 2.12 bits per heavy atom. The van der Waals surface area contributed by atoms with Gasteiger partial charge in [0.25, 0.3) is 5.56 Å². The molecular formula is C20H22N2O2S2. The van der Waals surface area contributed by atoms with Crippen molar-refractivity contribution in [2.24, 2.45) is 0 Å². The highest BCUT2D eigenvalue weighted by Gasteiger charge is 2.23. The van der Waals surface area contributed by atoms with Crippen LogP contribution >= 0.6 is 23.1 Å². The first-order valence-electron chi connectivity index (χ1n) is 8.87. The summed E-state index contributed by atoms with van der Waals surface area (Å²) in [5, 5.41) is 1.58. The van der Waals surface area contributed by atoms with Gasteiger partial charge in [-0.25, -0.2) is 4.98 Å². The molecule has 1 aromatic carbocycles. The van der Waals surface area contributed by atoms with Crippen LogP contribution in [0.1, 0.15) is 28.0 Å². The highest BCUT2D eigenvalue weighted by atomic mass is 32.2. The molecule has 0 unspecified atom stereocenters. The van der Waals surface area contributed by atoms with Gasteiger partial charge in [0.1, 0.15) is 4.83 Å². The molecule has 3 aromatic rings. The molecule has 0 atom stereocenters. The fourth-order valence-electron chi connectivity index (χ4n) is 3.43. The van der Waals surface area contributed by atoms with Gasteiger partial charge in [0.2, 0.25) is 0 Å². The lowest BCUT2D eigenvalue weighted by Gasteiger charge is -2.13. The molecule has 0 fully saturated rings. The van der Waals surface area contributed by atoms with Crippen LogP contribution in [0.5, 0.6) is 0 Å². The van der Waals surface area contributed by atoms with Crippen molar-refractivity contribution in [3.05, 3.63) is 50.1 Å². The lowest BCUT2D eigenvalue weighted by molar-refractivity contribution is 0.218. The number of aryl methyl sites for hydroxylation is 4. The van der Waals surface area contributed by atoms with Crippen LogP contribution in [0, 0.1) is 13.8 Å². The van der Waals surface area contributed by atoms with Crippen molar-refractivity contribution in [2.75, 3.05) is 19.5 Å². The highest BCUT2D eigenvalue weighted by Crippen LogP contribution is 2.36. The van der Waals surface area contributed by atoms with Crippen LogP contribution in [-0.2, 0) is 17.6 Å². The van der Waals surface area contributed by atoms with E-state index in [2.05, 4.69) is 26.0 Å². The van der Waals surface area contributed by atoms with Crippen molar-refractivity contribution >= 4 is 33.3 Å². The van der Waals surface area contributed by atoms with E-state index in [0.717, 1.165) is 46.1 Å². The Hall–Kier alpha value is -1.63. The average Bonchev–Trinajstić information content (AvgIpc) is 3.18. The Morgan fingerprint density at radius 1 is 1.27 bits per heavy atom. The van der Waals surface area contributed by atoms with Gasteiger partial charge in [-0.2, -0.15) is 0 Å². The van der Waals surface area contributed by atoms with Gasteiger partial charge in [0.15, 0.2) is 5.16 Å². The second-order valence-electron chi connectivity index (χ2n) is 6.68. The van der Waals surface area contributed by atoms with Crippen molar-refractivity contribution in [3.8, 4) is 5.69 Å². The minimum atomic E-state index is 0.0672. The molecular weight excluding hydrogens is 364 g/mol. The molecule has 0 saturated carbocycles. The topological polar surface area (TPSA) is 44.1 Å². The number of benzene rings is 1. The summed E-state index contributed by atoms with van der Waals surface area (Å²) in [6.07, 6.45) is 3.21. The van der Waals surface area contributed by atoms with Gasteiger partial charge < -0.3 is 4.74 Å². The Bertz CT molecular complexity index is 1040. The van der Waals surface area contributed by atoms with Crippen LogP contribution in [0.3, 0.4) is 0 Å². The van der Waals surface area contributed by atoms with E-state index in [1.807, 2.05) is 6.07 Å². The number of methoxy groups -OCH3 is 1. The number of thiophene rings is 1. The van der Waals surface area contributed by atoms with Crippen LogP contribution in [-0.4, -0.2) is 29.0 Å². The van der Waals surface area contributed by atoms with Crippen LogP contribution in [0.15, 0.2) is 28.2 Å². The molecule has 2 aromatic heterocycles. The monoisotopic (exact) mass is 386 g/mol. The van der Waals surface area contributed by atoms with Gasteiger partial charge in [0, 0.05) is 17.7 Å². The van der Waals surface area contributed by atoms with E-state index in [4.69, 9.17) is 9.72 Å². The third kappa shape index (κ3) is 3.00. The molecule has 0 amide bonds. The number of hydrogen-bond acceptors (Lipinski definition) is 5. The van der Waals surface area contributed by atoms with Crippen LogP contribution in [0.2, 0.25) is 0 Å². The largest absolute Gasteiger partial charge is 0.384 e. The van der Waals surface area contributed by atoms with Gasteiger partial charge in [-0.15, -0.1) is 11.3 Å². The molecule has 0 N–H and O–H groups in total. The Balaban J connectivity index is 1.94. The minimum absolute atomic E-state index is 0.0672. The zero-order valence-electron chi connectivity index (χ0n) is 15.3. The zero-order valence-corrected chi connectivity index (χ0v) is 16.9. The van der Waals surface area contributed by atoms with E-state index in [0.29, 0.717) is 6.61 Å². The summed E-state index contributed by atoms with van der Waals surface area (Å²) in [5.74, 6) is 0.768. The third-order valence-electron chi connectivity index (χ3n) is 4.98. The van der Waals surface area contributed by atoms with Crippen molar-refractivity contribution in [1.29, 1.82) is 0 Å². The minimum Gasteiger partial charge on any atom is -0.384 e. The molecule has 1 aliphatic rings. The van der Waals surface area contributed by atoms with E-state index in [-0.39, 0.29) is 5.56 Å². The lowest BCUT2D eigenvalue weighted by atomic mass is 10.1. The third-order valence-corrected chi connectivity index (χ3v) is 7.06. The Labute approximate surface area is 161 Å². The molecule has 136 valence electrons. The molecule has 26 heavy (non-hydrogen) atoms. The molecule has 0 spiro atoms.